The van der Waals surface area contributed by atoms with Crippen molar-refractivity contribution >= 4 is 45.6 Å². The standard InChI is InChI=1S/C23H24ClNO7/c1-11(2)19(25-22(29)32-23(3,4)5)21(28)30-13-9-15(26)18-17(10-13)31-16-8-12(24)6-7-14(16)20(18)27/h6-11,19,26H,1-5H3,(H,25,29)/t19-/m1/s1. The molecule has 0 saturated heterocycles. The highest BCUT2D eigenvalue weighted by Crippen LogP contribution is 2.31. The third-order valence-electron chi connectivity index (χ3n) is 4.50. The van der Waals surface area contributed by atoms with Crippen molar-refractivity contribution < 1.29 is 28.6 Å². The van der Waals surface area contributed by atoms with Crippen LogP contribution in [0.25, 0.3) is 21.9 Å². The van der Waals surface area contributed by atoms with Gasteiger partial charge < -0.3 is 24.3 Å². The van der Waals surface area contributed by atoms with Gasteiger partial charge in [-0.2, -0.15) is 0 Å². The predicted octanol–water partition coefficient (Wildman–Crippen LogP) is 4.76. The number of rotatable bonds is 4. The minimum absolute atomic E-state index is 0.0220. The van der Waals surface area contributed by atoms with E-state index in [9.17, 15) is 19.5 Å². The van der Waals surface area contributed by atoms with E-state index < -0.39 is 34.9 Å². The third-order valence-corrected chi connectivity index (χ3v) is 4.74. The number of halogens is 1. The minimum atomic E-state index is -1.01. The third kappa shape index (κ3) is 5.13. The summed E-state index contributed by atoms with van der Waals surface area (Å²) >= 11 is 5.97. The molecule has 0 aliphatic heterocycles. The van der Waals surface area contributed by atoms with Gasteiger partial charge in [0.2, 0.25) is 5.43 Å². The Morgan fingerprint density at radius 2 is 1.81 bits per heavy atom. The summed E-state index contributed by atoms with van der Waals surface area (Å²) in [5, 5.41) is 13.5. The largest absolute Gasteiger partial charge is 0.507 e. The minimum Gasteiger partial charge on any atom is -0.507 e. The maximum Gasteiger partial charge on any atom is 0.408 e. The highest BCUT2D eigenvalue weighted by Gasteiger charge is 2.29. The van der Waals surface area contributed by atoms with Crippen LogP contribution in [0.1, 0.15) is 34.6 Å². The molecule has 0 aliphatic rings. The number of alkyl carbamates (subject to hydrolysis) is 1. The van der Waals surface area contributed by atoms with Gasteiger partial charge in [-0.25, -0.2) is 9.59 Å². The highest BCUT2D eigenvalue weighted by atomic mass is 35.5. The SMILES string of the molecule is CC(C)[C@@H](NC(=O)OC(C)(C)C)C(=O)Oc1cc(O)c2c(=O)c3ccc(Cl)cc3oc2c1. The number of aromatic hydroxyl groups is 1. The van der Waals surface area contributed by atoms with Crippen molar-refractivity contribution in [3.8, 4) is 11.5 Å². The number of phenols is 1. The van der Waals surface area contributed by atoms with Crippen LogP contribution in [0, 0.1) is 5.92 Å². The van der Waals surface area contributed by atoms with Gasteiger partial charge in [-0.1, -0.05) is 25.4 Å². The lowest BCUT2D eigenvalue weighted by atomic mass is 10.1. The van der Waals surface area contributed by atoms with E-state index >= 15 is 0 Å². The number of ether oxygens (including phenoxy) is 2. The van der Waals surface area contributed by atoms with Crippen molar-refractivity contribution in [3.05, 3.63) is 45.6 Å². The molecular weight excluding hydrogens is 438 g/mol. The number of nitrogens with one attached hydrogen (secondary N) is 1. The summed E-state index contributed by atoms with van der Waals surface area (Å²) in [4.78, 5) is 37.6. The van der Waals surface area contributed by atoms with E-state index in [-0.39, 0.29) is 33.6 Å². The molecule has 0 radical (unpaired) electrons. The summed E-state index contributed by atoms with van der Waals surface area (Å²) in [6.45, 7) is 8.58. The van der Waals surface area contributed by atoms with Crippen LogP contribution in [-0.2, 0) is 9.53 Å². The average molecular weight is 462 g/mol. The van der Waals surface area contributed by atoms with Crippen LogP contribution in [0.2, 0.25) is 5.02 Å². The molecule has 1 heterocycles. The van der Waals surface area contributed by atoms with E-state index in [1.807, 2.05) is 0 Å². The quantitative estimate of drug-likeness (QED) is 0.327. The number of hydrogen-bond acceptors (Lipinski definition) is 7. The number of esters is 1. The van der Waals surface area contributed by atoms with Crippen molar-refractivity contribution in [1.29, 1.82) is 0 Å². The van der Waals surface area contributed by atoms with Crippen LogP contribution in [0.4, 0.5) is 4.79 Å². The lowest BCUT2D eigenvalue weighted by Gasteiger charge is -2.24. The molecule has 32 heavy (non-hydrogen) atoms. The molecule has 0 fully saturated rings. The Hall–Kier alpha value is -3.26. The van der Waals surface area contributed by atoms with Crippen molar-refractivity contribution in [2.75, 3.05) is 0 Å². The summed E-state index contributed by atoms with van der Waals surface area (Å²) in [6, 6.07) is 5.98. The zero-order valence-corrected chi connectivity index (χ0v) is 19.1. The smallest absolute Gasteiger partial charge is 0.408 e. The first-order valence-electron chi connectivity index (χ1n) is 9.96. The fraction of sp³-hybridized carbons (Fsp3) is 0.348. The van der Waals surface area contributed by atoms with E-state index in [1.54, 1.807) is 40.7 Å². The van der Waals surface area contributed by atoms with E-state index in [1.165, 1.54) is 18.2 Å². The summed E-state index contributed by atoms with van der Waals surface area (Å²) in [5.74, 6) is -1.54. The van der Waals surface area contributed by atoms with Gasteiger partial charge in [0.25, 0.3) is 0 Å². The van der Waals surface area contributed by atoms with Crippen LogP contribution in [0.5, 0.6) is 11.5 Å². The number of carbonyl (C=O) groups excluding carboxylic acids is 2. The second-order valence-electron chi connectivity index (χ2n) is 8.68. The predicted molar refractivity (Wildman–Crippen MR) is 120 cm³/mol. The Morgan fingerprint density at radius 1 is 1.12 bits per heavy atom. The summed E-state index contributed by atoms with van der Waals surface area (Å²) in [5.41, 5.74) is -0.929. The monoisotopic (exact) mass is 461 g/mol. The zero-order valence-electron chi connectivity index (χ0n) is 18.3. The number of fused-ring (bicyclic) bond motifs is 2. The molecule has 170 valence electrons. The Balaban J connectivity index is 1.93. The van der Waals surface area contributed by atoms with Gasteiger partial charge >= 0.3 is 12.1 Å². The molecule has 9 heteroatoms. The first-order valence-corrected chi connectivity index (χ1v) is 10.3. The van der Waals surface area contributed by atoms with Crippen molar-refractivity contribution in [2.45, 2.75) is 46.3 Å². The number of hydrogen-bond donors (Lipinski definition) is 2. The molecule has 8 nitrogen and oxygen atoms in total. The number of carbonyl (C=O) groups is 2. The summed E-state index contributed by atoms with van der Waals surface area (Å²) in [7, 11) is 0. The maximum atomic E-state index is 12.8. The van der Waals surface area contributed by atoms with E-state index in [2.05, 4.69) is 5.32 Å². The summed E-state index contributed by atoms with van der Waals surface area (Å²) in [6.07, 6.45) is -0.760. The van der Waals surface area contributed by atoms with Crippen LogP contribution < -0.4 is 15.5 Å². The molecule has 2 aromatic carbocycles. The second kappa shape index (κ2) is 8.70. The fourth-order valence-corrected chi connectivity index (χ4v) is 3.24. The molecule has 3 rings (SSSR count). The Bertz CT molecular complexity index is 1260. The van der Waals surface area contributed by atoms with Gasteiger partial charge in [0.1, 0.15) is 39.7 Å². The van der Waals surface area contributed by atoms with Crippen molar-refractivity contribution in [3.63, 3.8) is 0 Å². The van der Waals surface area contributed by atoms with Crippen molar-refractivity contribution in [2.24, 2.45) is 5.92 Å². The molecule has 1 atom stereocenters. The first-order chi connectivity index (χ1) is 14.9. The van der Waals surface area contributed by atoms with Crippen LogP contribution in [0.15, 0.2) is 39.5 Å². The molecule has 3 aromatic rings. The first kappa shape index (κ1) is 23.4. The van der Waals surface area contributed by atoms with Crippen LogP contribution in [-0.4, -0.2) is 28.8 Å². The lowest BCUT2D eigenvalue weighted by molar-refractivity contribution is -0.137. The lowest BCUT2D eigenvalue weighted by Crippen LogP contribution is -2.48. The van der Waals surface area contributed by atoms with Gasteiger partial charge in [-0.15, -0.1) is 0 Å². The normalized spacial score (nSPS) is 12.7. The molecule has 0 saturated carbocycles. The molecule has 1 amide bonds. The van der Waals surface area contributed by atoms with Gasteiger partial charge in [0, 0.05) is 23.2 Å². The van der Waals surface area contributed by atoms with Gasteiger partial charge in [-0.3, -0.25) is 4.79 Å². The van der Waals surface area contributed by atoms with E-state index in [0.29, 0.717) is 5.02 Å². The Labute approximate surface area is 189 Å². The van der Waals surface area contributed by atoms with E-state index in [0.717, 1.165) is 6.07 Å². The topological polar surface area (TPSA) is 115 Å². The zero-order chi connectivity index (χ0) is 23.8. The molecule has 0 spiro atoms. The molecule has 2 N–H and O–H groups in total. The summed E-state index contributed by atoms with van der Waals surface area (Å²) < 4.78 is 16.3. The fourth-order valence-electron chi connectivity index (χ4n) is 3.08. The molecular formula is C23H24ClNO7. The van der Waals surface area contributed by atoms with Gasteiger partial charge in [-0.05, 0) is 38.8 Å². The second-order valence-corrected chi connectivity index (χ2v) is 9.11. The molecule has 1 aromatic heterocycles. The Kier molecular flexibility index (Phi) is 6.37. The number of phenolic OH excluding ortho intramolecular Hbond substituents is 1. The van der Waals surface area contributed by atoms with Gasteiger partial charge in [0.05, 0.1) is 5.39 Å². The molecule has 0 aliphatic carbocycles. The van der Waals surface area contributed by atoms with E-state index in [4.69, 9.17) is 25.5 Å². The highest BCUT2D eigenvalue weighted by molar-refractivity contribution is 6.31. The molecule has 0 unspecified atom stereocenters. The molecule has 0 bridgehead atoms. The van der Waals surface area contributed by atoms with Crippen LogP contribution in [0.3, 0.4) is 0 Å². The van der Waals surface area contributed by atoms with Crippen molar-refractivity contribution in [1.82, 2.24) is 5.32 Å². The number of amides is 1. The van der Waals surface area contributed by atoms with Crippen LogP contribution >= 0.6 is 11.6 Å². The maximum absolute atomic E-state index is 12.8. The van der Waals surface area contributed by atoms with Gasteiger partial charge in [0.15, 0.2) is 0 Å². The number of benzene rings is 2. The average Bonchev–Trinajstić information content (AvgIpc) is 2.63. The Morgan fingerprint density at radius 3 is 2.44 bits per heavy atom.